The van der Waals surface area contributed by atoms with E-state index in [9.17, 15) is 9.59 Å². The standard InChI is InChI=1S/C25H25N3O3/c1-27-25(30)24(28-16-6-7-17-28)22(23(26-27)19-8-4-3-5-9-19)21(29)15-12-18-10-13-20(31-2)14-11-18/h3-5,8-15H,6-7,16-17H2,1-2H3. The number of carbonyl (C=O) groups excluding carboxylic acids is 1. The topological polar surface area (TPSA) is 64.4 Å². The molecule has 6 nitrogen and oxygen atoms in total. The second-order valence-electron chi connectivity index (χ2n) is 7.53. The average molecular weight is 415 g/mol. The second kappa shape index (κ2) is 9.00. The van der Waals surface area contributed by atoms with Crippen LogP contribution in [0.15, 0.2) is 65.5 Å². The van der Waals surface area contributed by atoms with E-state index < -0.39 is 0 Å². The van der Waals surface area contributed by atoms with Crippen LogP contribution in [-0.4, -0.2) is 35.8 Å². The van der Waals surface area contributed by atoms with Gasteiger partial charge in [0, 0.05) is 25.7 Å². The summed E-state index contributed by atoms with van der Waals surface area (Å²) in [7, 11) is 3.25. The summed E-state index contributed by atoms with van der Waals surface area (Å²) in [5.74, 6) is 0.517. The predicted molar refractivity (Wildman–Crippen MR) is 123 cm³/mol. The molecule has 1 aliphatic rings. The molecule has 1 saturated heterocycles. The van der Waals surface area contributed by atoms with Crippen molar-refractivity contribution < 1.29 is 9.53 Å². The van der Waals surface area contributed by atoms with Crippen molar-refractivity contribution >= 4 is 17.5 Å². The van der Waals surface area contributed by atoms with Crippen molar-refractivity contribution in [1.29, 1.82) is 0 Å². The van der Waals surface area contributed by atoms with Crippen LogP contribution in [-0.2, 0) is 7.05 Å². The Morgan fingerprint density at radius 1 is 1.03 bits per heavy atom. The maximum absolute atomic E-state index is 13.5. The molecule has 0 amide bonds. The maximum Gasteiger partial charge on any atom is 0.290 e. The van der Waals surface area contributed by atoms with Gasteiger partial charge in [-0.3, -0.25) is 9.59 Å². The van der Waals surface area contributed by atoms with Gasteiger partial charge < -0.3 is 9.64 Å². The van der Waals surface area contributed by atoms with Gasteiger partial charge >= 0.3 is 0 Å². The number of ketones is 1. The Morgan fingerprint density at radius 3 is 2.35 bits per heavy atom. The van der Waals surface area contributed by atoms with E-state index in [0.717, 1.165) is 42.8 Å². The molecule has 158 valence electrons. The minimum absolute atomic E-state index is 0.234. The van der Waals surface area contributed by atoms with Gasteiger partial charge in [-0.1, -0.05) is 48.5 Å². The first-order valence-electron chi connectivity index (χ1n) is 10.4. The summed E-state index contributed by atoms with van der Waals surface area (Å²) >= 11 is 0. The zero-order chi connectivity index (χ0) is 21.8. The Bertz CT molecular complexity index is 1160. The van der Waals surface area contributed by atoms with Crippen molar-refractivity contribution in [3.05, 3.63) is 82.2 Å². The number of rotatable bonds is 6. The largest absolute Gasteiger partial charge is 0.497 e. The number of carbonyl (C=O) groups is 1. The lowest BCUT2D eigenvalue weighted by atomic mass is 10.00. The van der Waals surface area contributed by atoms with Gasteiger partial charge in [0.05, 0.1) is 12.7 Å². The van der Waals surface area contributed by atoms with Gasteiger partial charge in [0.15, 0.2) is 5.78 Å². The van der Waals surface area contributed by atoms with Crippen LogP contribution in [0.5, 0.6) is 5.75 Å². The van der Waals surface area contributed by atoms with Crippen LogP contribution in [0, 0.1) is 0 Å². The number of anilines is 1. The summed E-state index contributed by atoms with van der Waals surface area (Å²) in [6.45, 7) is 1.52. The quantitative estimate of drug-likeness (QED) is 0.451. The number of methoxy groups -OCH3 is 1. The molecule has 1 aromatic heterocycles. The van der Waals surface area contributed by atoms with Gasteiger partial charge in [-0.05, 0) is 36.6 Å². The number of benzene rings is 2. The highest BCUT2D eigenvalue weighted by atomic mass is 16.5. The summed E-state index contributed by atoms with van der Waals surface area (Å²) in [6.07, 6.45) is 5.27. The maximum atomic E-state index is 13.5. The molecular formula is C25H25N3O3. The number of allylic oxidation sites excluding steroid dienone is 1. The SMILES string of the molecule is COc1ccc(C=CC(=O)c2c(-c3ccccc3)nn(C)c(=O)c2N2CCCC2)cc1. The molecule has 2 heterocycles. The van der Waals surface area contributed by atoms with Gasteiger partial charge in [-0.2, -0.15) is 5.10 Å². The van der Waals surface area contributed by atoms with Gasteiger partial charge in [0.25, 0.3) is 5.56 Å². The van der Waals surface area contributed by atoms with Crippen molar-refractivity contribution in [2.75, 3.05) is 25.1 Å². The summed E-state index contributed by atoms with van der Waals surface area (Å²) in [4.78, 5) is 28.5. The van der Waals surface area contributed by atoms with Crippen LogP contribution in [0.1, 0.15) is 28.8 Å². The highest BCUT2D eigenvalue weighted by Gasteiger charge is 2.27. The normalized spacial score (nSPS) is 13.7. The third-order valence-electron chi connectivity index (χ3n) is 5.48. The molecule has 31 heavy (non-hydrogen) atoms. The van der Waals surface area contributed by atoms with Gasteiger partial charge in [0.1, 0.15) is 17.1 Å². The molecule has 0 aliphatic carbocycles. The minimum Gasteiger partial charge on any atom is -0.497 e. The van der Waals surface area contributed by atoms with Crippen molar-refractivity contribution in [2.24, 2.45) is 7.05 Å². The Balaban J connectivity index is 1.83. The van der Waals surface area contributed by atoms with E-state index in [1.165, 1.54) is 10.8 Å². The van der Waals surface area contributed by atoms with E-state index in [4.69, 9.17) is 4.74 Å². The summed E-state index contributed by atoms with van der Waals surface area (Å²) < 4.78 is 6.52. The molecule has 0 atom stereocenters. The van der Waals surface area contributed by atoms with Crippen molar-refractivity contribution in [2.45, 2.75) is 12.8 Å². The Morgan fingerprint density at radius 2 is 1.71 bits per heavy atom. The fourth-order valence-corrected chi connectivity index (χ4v) is 3.85. The number of aromatic nitrogens is 2. The lowest BCUT2D eigenvalue weighted by molar-refractivity contribution is 0.104. The van der Waals surface area contributed by atoms with Gasteiger partial charge in [-0.15, -0.1) is 0 Å². The first-order chi connectivity index (χ1) is 15.1. The van der Waals surface area contributed by atoms with Crippen LogP contribution in [0.3, 0.4) is 0 Å². The summed E-state index contributed by atoms with van der Waals surface area (Å²) in [5.41, 5.74) is 2.76. The zero-order valence-corrected chi connectivity index (χ0v) is 17.7. The molecule has 1 fully saturated rings. The van der Waals surface area contributed by atoms with Crippen LogP contribution in [0.25, 0.3) is 17.3 Å². The number of aryl methyl sites for hydroxylation is 1. The smallest absolute Gasteiger partial charge is 0.290 e. The number of hydrogen-bond acceptors (Lipinski definition) is 5. The fraction of sp³-hybridized carbons (Fsp3) is 0.240. The summed E-state index contributed by atoms with van der Waals surface area (Å²) in [5, 5.41) is 4.48. The van der Waals surface area contributed by atoms with E-state index >= 15 is 0 Å². The molecule has 6 heteroatoms. The molecule has 0 unspecified atom stereocenters. The van der Waals surface area contributed by atoms with Crippen molar-refractivity contribution in [1.82, 2.24) is 9.78 Å². The first kappa shape index (κ1) is 20.6. The molecule has 0 spiro atoms. The van der Waals surface area contributed by atoms with E-state index in [1.807, 2.05) is 59.5 Å². The van der Waals surface area contributed by atoms with Crippen LogP contribution < -0.4 is 15.2 Å². The third kappa shape index (κ3) is 4.28. The van der Waals surface area contributed by atoms with Crippen molar-refractivity contribution in [3.8, 4) is 17.0 Å². The van der Waals surface area contributed by atoms with E-state index in [2.05, 4.69) is 5.10 Å². The highest BCUT2D eigenvalue weighted by molar-refractivity contribution is 6.14. The molecule has 0 radical (unpaired) electrons. The average Bonchev–Trinajstić information content (AvgIpc) is 3.34. The zero-order valence-electron chi connectivity index (χ0n) is 17.7. The number of hydrogen-bond donors (Lipinski definition) is 0. The van der Waals surface area contributed by atoms with Crippen LogP contribution in [0.2, 0.25) is 0 Å². The second-order valence-corrected chi connectivity index (χ2v) is 7.53. The van der Waals surface area contributed by atoms with E-state index in [-0.39, 0.29) is 11.3 Å². The molecule has 3 aromatic rings. The highest BCUT2D eigenvalue weighted by Crippen LogP contribution is 2.30. The fourth-order valence-electron chi connectivity index (χ4n) is 3.85. The molecule has 0 N–H and O–H groups in total. The van der Waals surface area contributed by atoms with E-state index in [0.29, 0.717) is 16.9 Å². The Labute approximate surface area is 181 Å². The third-order valence-corrected chi connectivity index (χ3v) is 5.48. The van der Waals surface area contributed by atoms with Crippen molar-refractivity contribution in [3.63, 3.8) is 0 Å². The van der Waals surface area contributed by atoms with Crippen LogP contribution in [0.4, 0.5) is 5.69 Å². The Kier molecular flexibility index (Phi) is 5.98. The molecule has 2 aromatic carbocycles. The predicted octanol–water partition coefficient (Wildman–Crippen LogP) is 3.95. The molecule has 0 bridgehead atoms. The molecule has 0 saturated carbocycles. The Hall–Kier alpha value is -3.67. The number of ether oxygens (including phenoxy) is 1. The molecule has 1 aliphatic heterocycles. The molecular weight excluding hydrogens is 390 g/mol. The lowest BCUT2D eigenvalue weighted by Crippen LogP contribution is -2.33. The van der Waals surface area contributed by atoms with E-state index in [1.54, 1.807) is 20.2 Å². The van der Waals surface area contributed by atoms with Crippen LogP contribution >= 0.6 is 0 Å². The molecule has 4 rings (SSSR count). The van der Waals surface area contributed by atoms with Gasteiger partial charge in [0.2, 0.25) is 0 Å². The number of nitrogens with zero attached hydrogens (tertiary/aromatic N) is 3. The lowest BCUT2D eigenvalue weighted by Gasteiger charge is -2.22. The van der Waals surface area contributed by atoms with Gasteiger partial charge in [-0.25, -0.2) is 4.68 Å². The first-order valence-corrected chi connectivity index (χ1v) is 10.4. The minimum atomic E-state index is -0.247. The monoisotopic (exact) mass is 415 g/mol. The summed E-state index contributed by atoms with van der Waals surface area (Å²) in [6, 6.07) is 17.0.